The van der Waals surface area contributed by atoms with Crippen LogP contribution >= 0.6 is 27.5 Å². The average molecular weight is 357 g/mol. The second kappa shape index (κ2) is 5.11. The fourth-order valence-electron chi connectivity index (χ4n) is 3.10. The van der Waals surface area contributed by atoms with Crippen LogP contribution in [0, 0.1) is 12.8 Å². The van der Waals surface area contributed by atoms with Crippen LogP contribution in [0.25, 0.3) is 11.0 Å². The summed E-state index contributed by atoms with van der Waals surface area (Å²) in [7, 11) is 0. The number of halogens is 2. The van der Waals surface area contributed by atoms with Gasteiger partial charge in [-0.25, -0.2) is 4.98 Å². The van der Waals surface area contributed by atoms with E-state index in [4.69, 9.17) is 11.6 Å². The summed E-state index contributed by atoms with van der Waals surface area (Å²) in [5, 5.41) is 1.05. The highest BCUT2D eigenvalue weighted by molar-refractivity contribution is 9.10. The average Bonchev–Trinajstić information content (AvgIpc) is 2.83. The van der Waals surface area contributed by atoms with E-state index in [1.807, 2.05) is 6.92 Å². The largest absolute Gasteiger partial charge is 0.288 e. The van der Waals surface area contributed by atoms with Crippen LogP contribution < -0.4 is 5.56 Å². The molecule has 4 nitrogen and oxygen atoms in total. The number of hydrogen-bond acceptors (Lipinski definition) is 3. The summed E-state index contributed by atoms with van der Waals surface area (Å²) in [4.78, 5) is 21.0. The third-order valence-electron chi connectivity index (χ3n) is 4.26. The van der Waals surface area contributed by atoms with Crippen molar-refractivity contribution in [1.29, 1.82) is 0 Å². The lowest BCUT2D eigenvalue weighted by Gasteiger charge is -2.21. The molecule has 1 aliphatic rings. The van der Waals surface area contributed by atoms with E-state index in [0.717, 1.165) is 30.2 Å². The predicted molar refractivity (Wildman–Crippen MR) is 83.3 cm³/mol. The molecule has 0 unspecified atom stereocenters. The maximum Gasteiger partial charge on any atom is 0.267 e. The molecule has 2 heterocycles. The van der Waals surface area contributed by atoms with Crippen LogP contribution in [0.5, 0.6) is 0 Å². The first-order valence-electron chi connectivity index (χ1n) is 6.73. The van der Waals surface area contributed by atoms with Gasteiger partial charge in [-0.15, -0.1) is 0 Å². The Morgan fingerprint density at radius 2 is 2.20 bits per heavy atom. The van der Waals surface area contributed by atoms with Crippen LogP contribution in [0.3, 0.4) is 0 Å². The molecule has 20 heavy (non-hydrogen) atoms. The number of hydrogen-bond donors (Lipinski definition) is 0. The van der Waals surface area contributed by atoms with E-state index in [-0.39, 0.29) is 16.9 Å². The molecule has 0 saturated heterocycles. The summed E-state index contributed by atoms with van der Waals surface area (Å²) in [5.41, 5.74) is 1.49. The van der Waals surface area contributed by atoms with Gasteiger partial charge < -0.3 is 0 Å². The van der Waals surface area contributed by atoms with Crippen molar-refractivity contribution in [3.8, 4) is 0 Å². The summed E-state index contributed by atoms with van der Waals surface area (Å²) in [5.74, 6) is 0.472. The highest BCUT2D eigenvalue weighted by atomic mass is 79.9. The molecule has 106 valence electrons. The Balaban J connectivity index is 2.40. The molecule has 3 rings (SSSR count). The summed E-state index contributed by atoms with van der Waals surface area (Å²) in [6, 6.07) is 0.188. The molecule has 1 saturated carbocycles. The molecule has 0 N–H and O–H groups in total. The Hall–Kier alpha value is -0.940. The SMILES string of the molecule is Cc1c(Br)c(=O)n([C@@H]2CCC[C@@H]2C)c2nc(Cl)ncc12. The van der Waals surface area contributed by atoms with Crippen LogP contribution in [0.1, 0.15) is 37.8 Å². The lowest BCUT2D eigenvalue weighted by Crippen LogP contribution is -2.28. The van der Waals surface area contributed by atoms with E-state index in [2.05, 4.69) is 32.8 Å². The quantitative estimate of drug-likeness (QED) is 0.729. The van der Waals surface area contributed by atoms with Gasteiger partial charge >= 0.3 is 0 Å². The molecule has 0 radical (unpaired) electrons. The zero-order valence-electron chi connectivity index (χ0n) is 11.4. The molecule has 0 aliphatic heterocycles. The van der Waals surface area contributed by atoms with Crippen LogP contribution in [-0.4, -0.2) is 14.5 Å². The third-order valence-corrected chi connectivity index (χ3v) is 5.37. The first-order chi connectivity index (χ1) is 9.50. The fraction of sp³-hybridized carbons (Fsp3) is 0.500. The van der Waals surface area contributed by atoms with E-state index < -0.39 is 0 Å². The van der Waals surface area contributed by atoms with Gasteiger partial charge in [0.15, 0.2) is 0 Å². The van der Waals surface area contributed by atoms with Crippen molar-refractivity contribution in [1.82, 2.24) is 14.5 Å². The number of fused-ring (bicyclic) bond motifs is 1. The van der Waals surface area contributed by atoms with Crippen molar-refractivity contribution in [2.24, 2.45) is 5.92 Å². The van der Waals surface area contributed by atoms with Gasteiger partial charge in [0.1, 0.15) is 5.65 Å². The van der Waals surface area contributed by atoms with E-state index in [1.54, 1.807) is 10.8 Å². The minimum Gasteiger partial charge on any atom is -0.288 e. The van der Waals surface area contributed by atoms with E-state index >= 15 is 0 Å². The number of rotatable bonds is 1. The lowest BCUT2D eigenvalue weighted by molar-refractivity contribution is 0.405. The maximum absolute atomic E-state index is 12.7. The molecule has 6 heteroatoms. The van der Waals surface area contributed by atoms with E-state index in [9.17, 15) is 4.79 Å². The molecular weight excluding hydrogens is 342 g/mol. The van der Waals surface area contributed by atoms with Gasteiger partial charge in [-0.3, -0.25) is 9.36 Å². The van der Waals surface area contributed by atoms with Crippen LogP contribution in [0.4, 0.5) is 0 Å². The number of pyridine rings is 1. The molecule has 0 bridgehead atoms. The van der Waals surface area contributed by atoms with Crippen molar-refractivity contribution in [2.45, 2.75) is 39.2 Å². The van der Waals surface area contributed by atoms with E-state index in [0.29, 0.717) is 16.0 Å². The molecule has 1 aliphatic carbocycles. The smallest absolute Gasteiger partial charge is 0.267 e. The molecule has 2 atom stereocenters. The lowest BCUT2D eigenvalue weighted by atomic mass is 10.1. The highest BCUT2D eigenvalue weighted by Gasteiger charge is 2.29. The second-order valence-corrected chi connectivity index (χ2v) is 6.60. The summed E-state index contributed by atoms with van der Waals surface area (Å²) < 4.78 is 2.40. The molecule has 1 fully saturated rings. The molecule has 0 spiro atoms. The Morgan fingerprint density at radius 1 is 1.45 bits per heavy atom. The van der Waals surface area contributed by atoms with Crippen LogP contribution in [0.2, 0.25) is 5.28 Å². The number of aryl methyl sites for hydroxylation is 1. The van der Waals surface area contributed by atoms with Crippen molar-refractivity contribution in [2.75, 3.05) is 0 Å². The van der Waals surface area contributed by atoms with Crippen molar-refractivity contribution in [3.05, 3.63) is 31.9 Å². The molecule has 0 aromatic carbocycles. The first-order valence-corrected chi connectivity index (χ1v) is 7.90. The van der Waals surface area contributed by atoms with Gasteiger partial charge in [0.2, 0.25) is 5.28 Å². The zero-order valence-corrected chi connectivity index (χ0v) is 13.7. The van der Waals surface area contributed by atoms with Gasteiger partial charge in [0.05, 0.1) is 4.47 Å². The van der Waals surface area contributed by atoms with Gasteiger partial charge in [-0.2, -0.15) is 4.98 Å². The molecule has 0 amide bonds. The van der Waals surface area contributed by atoms with Crippen molar-refractivity contribution < 1.29 is 0 Å². The minimum atomic E-state index is -0.0245. The molecule has 2 aromatic rings. The Bertz CT molecular complexity index is 743. The normalized spacial score (nSPS) is 22.6. The van der Waals surface area contributed by atoms with Gasteiger partial charge in [0, 0.05) is 17.6 Å². The summed E-state index contributed by atoms with van der Waals surface area (Å²) >= 11 is 9.34. The monoisotopic (exact) mass is 355 g/mol. The Morgan fingerprint density at radius 3 is 2.85 bits per heavy atom. The number of nitrogens with zero attached hydrogens (tertiary/aromatic N) is 3. The Labute approximate surface area is 130 Å². The highest BCUT2D eigenvalue weighted by Crippen LogP contribution is 2.36. The third kappa shape index (κ3) is 2.07. The predicted octanol–water partition coefficient (Wildman–Crippen LogP) is 3.88. The van der Waals surface area contributed by atoms with E-state index in [1.165, 1.54) is 0 Å². The van der Waals surface area contributed by atoms with Crippen molar-refractivity contribution >= 4 is 38.6 Å². The minimum absolute atomic E-state index is 0.0245. The van der Waals surface area contributed by atoms with Gasteiger partial charge in [-0.1, -0.05) is 13.3 Å². The van der Waals surface area contributed by atoms with Crippen LogP contribution in [0.15, 0.2) is 15.5 Å². The zero-order chi connectivity index (χ0) is 14.4. The maximum atomic E-state index is 12.7. The summed E-state index contributed by atoms with van der Waals surface area (Å²) in [6.45, 7) is 4.08. The standard InChI is InChI=1S/C14H15BrClN3O/c1-7-4-3-5-10(7)19-12-9(6-17-14(16)18-12)8(2)11(15)13(19)20/h6-7,10H,3-5H2,1-2H3/t7-,10+/m0/s1. The summed E-state index contributed by atoms with van der Waals surface area (Å²) in [6.07, 6.45) is 4.99. The number of aromatic nitrogens is 3. The van der Waals surface area contributed by atoms with Crippen molar-refractivity contribution in [3.63, 3.8) is 0 Å². The van der Waals surface area contributed by atoms with Gasteiger partial charge in [0.25, 0.3) is 5.56 Å². The second-order valence-electron chi connectivity index (χ2n) is 5.47. The topological polar surface area (TPSA) is 47.8 Å². The van der Waals surface area contributed by atoms with Crippen LogP contribution in [-0.2, 0) is 0 Å². The molecular formula is C14H15BrClN3O. The Kier molecular flexibility index (Phi) is 3.58. The fourth-order valence-corrected chi connectivity index (χ4v) is 3.63. The first kappa shape index (κ1) is 14.0. The van der Waals surface area contributed by atoms with Gasteiger partial charge in [-0.05, 0) is 58.8 Å². The molecule has 2 aromatic heterocycles.